The van der Waals surface area contributed by atoms with Crippen LogP contribution in [0.2, 0.25) is 0 Å². The van der Waals surface area contributed by atoms with Crippen LogP contribution in [0.5, 0.6) is 0 Å². The molecule has 0 fully saturated rings. The first kappa shape index (κ1) is 16.8. The predicted molar refractivity (Wildman–Crippen MR) is 117 cm³/mol. The molecule has 0 spiro atoms. The molecule has 0 atom stereocenters. The molecule has 0 bridgehead atoms. The van der Waals surface area contributed by atoms with E-state index in [1.807, 2.05) is 41.3 Å². The smallest absolute Gasteiger partial charge is 0.162 e. The van der Waals surface area contributed by atoms with Crippen molar-refractivity contribution in [2.75, 3.05) is 24.7 Å². The summed E-state index contributed by atoms with van der Waals surface area (Å²) in [5.74, 6) is 2.88. The Kier molecular flexibility index (Phi) is 4.14. The van der Waals surface area contributed by atoms with Crippen LogP contribution in [0.15, 0.2) is 59.5 Å². The molecule has 0 saturated carbocycles. The zero-order chi connectivity index (χ0) is 18.4. The monoisotopic (exact) mass is 389 g/mol. The fraction of sp³-hybridized carbons (Fsp3) is 0.182. The number of hydrogen-bond donors (Lipinski definition) is 0. The topological polar surface area (TPSA) is 29.0 Å². The van der Waals surface area contributed by atoms with E-state index in [0.717, 1.165) is 35.1 Å². The van der Waals surface area contributed by atoms with Gasteiger partial charge in [0, 0.05) is 46.0 Å². The minimum atomic E-state index is 0.799. The summed E-state index contributed by atoms with van der Waals surface area (Å²) in [4.78, 5) is 14.8. The summed E-state index contributed by atoms with van der Waals surface area (Å²) in [5.41, 5.74) is 3.43. The van der Waals surface area contributed by atoms with E-state index in [4.69, 9.17) is 9.97 Å². The zero-order valence-corrected chi connectivity index (χ0v) is 16.9. The van der Waals surface area contributed by atoms with Crippen molar-refractivity contribution in [3.05, 3.63) is 60.2 Å². The van der Waals surface area contributed by atoms with Gasteiger partial charge in [0.1, 0.15) is 5.82 Å². The summed E-state index contributed by atoms with van der Waals surface area (Å²) in [5, 5.41) is 1.35. The average molecular weight is 390 g/mol. The predicted octanol–water partition coefficient (Wildman–Crippen LogP) is 5.74. The third kappa shape index (κ3) is 2.82. The lowest BCUT2D eigenvalue weighted by molar-refractivity contribution is 0.991. The number of anilines is 1. The summed E-state index contributed by atoms with van der Waals surface area (Å²) < 4.78 is 1.33. The Bertz CT molecular complexity index is 1130. The second-order valence-electron chi connectivity index (χ2n) is 6.81. The summed E-state index contributed by atoms with van der Waals surface area (Å²) in [6, 6.07) is 19.0. The average Bonchev–Trinajstić information content (AvgIpc) is 2.97. The first-order valence-corrected chi connectivity index (χ1v) is 10.8. The van der Waals surface area contributed by atoms with E-state index in [-0.39, 0.29) is 0 Å². The van der Waals surface area contributed by atoms with Gasteiger partial charge in [-0.2, -0.15) is 0 Å². The number of rotatable bonds is 2. The first-order valence-electron chi connectivity index (χ1n) is 9.01. The maximum Gasteiger partial charge on any atom is 0.162 e. The second kappa shape index (κ2) is 6.66. The summed E-state index contributed by atoms with van der Waals surface area (Å²) in [6.45, 7) is 0. The lowest BCUT2D eigenvalue weighted by atomic mass is 10.1. The van der Waals surface area contributed by atoms with Gasteiger partial charge in [0.25, 0.3) is 0 Å². The van der Waals surface area contributed by atoms with Gasteiger partial charge in [-0.3, -0.25) is 0 Å². The third-order valence-corrected chi connectivity index (χ3v) is 7.23. The number of hydrogen-bond acceptors (Lipinski definition) is 5. The van der Waals surface area contributed by atoms with Gasteiger partial charge in [-0.1, -0.05) is 48.5 Å². The number of fused-ring (bicyclic) bond motifs is 5. The van der Waals surface area contributed by atoms with Gasteiger partial charge in [-0.05, 0) is 12.5 Å². The highest BCUT2D eigenvalue weighted by atomic mass is 32.2. The Labute approximate surface area is 167 Å². The molecule has 27 heavy (non-hydrogen) atoms. The largest absolute Gasteiger partial charge is 0.362 e. The lowest BCUT2D eigenvalue weighted by Gasteiger charge is -2.19. The van der Waals surface area contributed by atoms with Gasteiger partial charge in [-0.15, -0.1) is 23.1 Å². The zero-order valence-electron chi connectivity index (χ0n) is 15.3. The normalized spacial score (nSPS) is 13.1. The van der Waals surface area contributed by atoms with E-state index in [2.05, 4.69) is 55.4 Å². The molecule has 3 heterocycles. The highest BCUT2D eigenvalue weighted by Crippen LogP contribution is 2.48. The van der Waals surface area contributed by atoms with E-state index < -0.39 is 0 Å². The number of thiophene rings is 1. The highest BCUT2D eigenvalue weighted by Gasteiger charge is 2.25. The first-order chi connectivity index (χ1) is 13.2. The quantitative estimate of drug-likeness (QED) is 0.437. The van der Waals surface area contributed by atoms with Gasteiger partial charge in [-0.25, -0.2) is 9.97 Å². The van der Waals surface area contributed by atoms with Gasteiger partial charge in [0.15, 0.2) is 5.82 Å². The van der Waals surface area contributed by atoms with Crippen LogP contribution in [0.3, 0.4) is 0 Å². The Morgan fingerprint density at radius 3 is 2.52 bits per heavy atom. The lowest BCUT2D eigenvalue weighted by Crippen LogP contribution is -2.16. The standard InChI is InChI=1S/C22H19N3S2/c1-25(2)22-16-12-13-26-19-15-10-6-7-11-17(15)27-20(19)18(16)23-21(24-22)14-8-4-3-5-9-14/h3-11H,12-13H2,1-2H3. The van der Waals surface area contributed by atoms with Gasteiger partial charge in [0.2, 0.25) is 0 Å². The fourth-order valence-electron chi connectivity index (χ4n) is 3.55. The molecule has 134 valence electrons. The van der Waals surface area contributed by atoms with Crippen molar-refractivity contribution in [1.82, 2.24) is 9.97 Å². The van der Waals surface area contributed by atoms with E-state index in [0.29, 0.717) is 0 Å². The number of nitrogens with zero attached hydrogens (tertiary/aromatic N) is 3. The molecule has 0 unspecified atom stereocenters. The van der Waals surface area contributed by atoms with Gasteiger partial charge >= 0.3 is 0 Å². The molecular weight excluding hydrogens is 370 g/mol. The van der Waals surface area contributed by atoms with Crippen molar-refractivity contribution in [1.29, 1.82) is 0 Å². The van der Waals surface area contributed by atoms with Crippen LogP contribution in [0.1, 0.15) is 5.56 Å². The van der Waals surface area contributed by atoms with Crippen LogP contribution in [0.25, 0.3) is 32.0 Å². The molecule has 0 saturated heterocycles. The molecule has 0 aliphatic carbocycles. The SMILES string of the molecule is CN(C)c1nc(-c2ccccc2)nc2c1CCSc1c-2sc2ccccc12. The maximum atomic E-state index is 5.08. The van der Waals surface area contributed by atoms with E-state index in [1.54, 1.807) is 0 Å². The van der Waals surface area contributed by atoms with Crippen LogP contribution in [-0.2, 0) is 6.42 Å². The van der Waals surface area contributed by atoms with E-state index in [1.165, 1.54) is 25.4 Å². The number of aromatic nitrogens is 2. The van der Waals surface area contributed by atoms with Gasteiger partial charge < -0.3 is 4.90 Å². The highest BCUT2D eigenvalue weighted by molar-refractivity contribution is 7.99. The van der Waals surface area contributed by atoms with Crippen molar-refractivity contribution in [3.8, 4) is 22.0 Å². The van der Waals surface area contributed by atoms with Crippen molar-refractivity contribution in [2.45, 2.75) is 11.3 Å². The molecule has 4 aromatic rings. The molecule has 0 N–H and O–H groups in total. The fourth-order valence-corrected chi connectivity index (χ4v) is 6.11. The molecule has 2 aromatic carbocycles. The van der Waals surface area contributed by atoms with Crippen molar-refractivity contribution in [2.24, 2.45) is 0 Å². The Hall–Kier alpha value is -2.37. The van der Waals surface area contributed by atoms with Crippen LogP contribution in [-0.4, -0.2) is 29.8 Å². The minimum Gasteiger partial charge on any atom is -0.362 e. The minimum absolute atomic E-state index is 0.799. The number of thioether (sulfide) groups is 1. The molecule has 0 radical (unpaired) electrons. The maximum absolute atomic E-state index is 5.08. The molecule has 5 heteroatoms. The van der Waals surface area contributed by atoms with Crippen LogP contribution in [0, 0.1) is 0 Å². The molecule has 0 amide bonds. The van der Waals surface area contributed by atoms with Crippen LogP contribution in [0.4, 0.5) is 5.82 Å². The van der Waals surface area contributed by atoms with Crippen molar-refractivity contribution >= 4 is 39.0 Å². The molecule has 1 aliphatic rings. The third-order valence-electron chi connectivity index (χ3n) is 4.80. The van der Waals surface area contributed by atoms with Crippen LogP contribution < -0.4 is 4.90 Å². The summed E-state index contributed by atoms with van der Waals surface area (Å²) >= 11 is 3.80. The Morgan fingerprint density at radius 2 is 1.70 bits per heavy atom. The molecule has 1 aliphatic heterocycles. The molecule has 3 nitrogen and oxygen atoms in total. The van der Waals surface area contributed by atoms with Gasteiger partial charge in [0.05, 0.1) is 10.6 Å². The van der Waals surface area contributed by atoms with E-state index >= 15 is 0 Å². The summed E-state index contributed by atoms with van der Waals surface area (Å²) in [6.07, 6.45) is 0.984. The number of benzene rings is 2. The van der Waals surface area contributed by atoms with E-state index in [9.17, 15) is 0 Å². The Balaban J connectivity index is 1.82. The second-order valence-corrected chi connectivity index (χ2v) is 8.97. The van der Waals surface area contributed by atoms with Crippen LogP contribution >= 0.6 is 23.1 Å². The summed E-state index contributed by atoms with van der Waals surface area (Å²) in [7, 11) is 4.14. The Morgan fingerprint density at radius 1 is 0.926 bits per heavy atom. The van der Waals surface area contributed by atoms with Crippen molar-refractivity contribution < 1.29 is 0 Å². The molecular formula is C22H19N3S2. The van der Waals surface area contributed by atoms with Crippen molar-refractivity contribution in [3.63, 3.8) is 0 Å². The molecule has 5 rings (SSSR count). The molecule has 2 aromatic heterocycles.